The van der Waals surface area contributed by atoms with E-state index in [0.29, 0.717) is 0 Å². The van der Waals surface area contributed by atoms with Crippen molar-refractivity contribution >= 4 is 17.2 Å². The molecule has 1 spiro atoms. The molecule has 2 aliphatic rings. The summed E-state index contributed by atoms with van der Waals surface area (Å²) in [7, 11) is 1.91. The average molecular weight is 359 g/mol. The first-order valence-electron chi connectivity index (χ1n) is 9.02. The van der Waals surface area contributed by atoms with E-state index in [1.807, 2.05) is 31.0 Å². The molecule has 4 heterocycles. The van der Waals surface area contributed by atoms with Crippen LogP contribution in [0.25, 0.3) is 0 Å². The zero-order valence-corrected chi connectivity index (χ0v) is 15.7. The summed E-state index contributed by atoms with van der Waals surface area (Å²) in [6.07, 6.45) is 8.75. The Kier molecular flexibility index (Phi) is 4.37. The summed E-state index contributed by atoms with van der Waals surface area (Å²) in [5.74, 6) is 0.253. The molecule has 0 radical (unpaired) electrons. The number of hydrogen-bond acceptors (Lipinski definition) is 5. The topological polar surface area (TPSA) is 54.3 Å². The van der Waals surface area contributed by atoms with Crippen LogP contribution in [0.3, 0.4) is 0 Å². The van der Waals surface area contributed by atoms with Crippen LogP contribution in [0.4, 0.5) is 0 Å². The molecule has 2 saturated heterocycles. The number of likely N-dealkylation sites (N-methyl/N-ethyl adjacent to an activating group) is 1. The number of aryl methyl sites for hydroxylation is 1. The van der Waals surface area contributed by atoms with Gasteiger partial charge >= 0.3 is 0 Å². The van der Waals surface area contributed by atoms with Crippen molar-refractivity contribution in [3.63, 3.8) is 0 Å². The average Bonchev–Trinajstić information content (AvgIpc) is 3.31. The van der Waals surface area contributed by atoms with Crippen molar-refractivity contribution in [2.75, 3.05) is 19.6 Å². The minimum Gasteiger partial charge on any atom is -0.337 e. The van der Waals surface area contributed by atoms with Crippen molar-refractivity contribution < 1.29 is 4.79 Å². The van der Waals surface area contributed by atoms with Crippen molar-refractivity contribution in [2.24, 2.45) is 7.05 Å². The highest BCUT2D eigenvalue weighted by Crippen LogP contribution is 2.45. The lowest BCUT2D eigenvalue weighted by molar-refractivity contribution is -0.133. The number of carbonyl (C=O) groups is 1. The van der Waals surface area contributed by atoms with Gasteiger partial charge in [0, 0.05) is 55.6 Å². The van der Waals surface area contributed by atoms with E-state index in [9.17, 15) is 4.79 Å². The van der Waals surface area contributed by atoms with Crippen molar-refractivity contribution in [3.05, 3.63) is 34.5 Å². The molecule has 0 bridgehead atoms. The monoisotopic (exact) mass is 359 g/mol. The number of piperidine rings is 1. The molecule has 2 aliphatic heterocycles. The number of carbonyl (C=O) groups excluding carboxylic acids is 1. The van der Waals surface area contributed by atoms with Gasteiger partial charge in [0.25, 0.3) is 0 Å². The molecule has 2 aromatic rings. The van der Waals surface area contributed by atoms with Gasteiger partial charge in [-0.25, -0.2) is 4.98 Å². The first-order chi connectivity index (χ1) is 12.1. The molecule has 0 N–H and O–H groups in total. The first-order valence-corrected chi connectivity index (χ1v) is 9.90. The van der Waals surface area contributed by atoms with Crippen molar-refractivity contribution in [2.45, 2.75) is 44.2 Å². The SMILES string of the molecule is CCN1C(=O)C(c2cnn(C)c2)CC12CCN(Cc1nccs1)CC2. The normalized spacial score (nSPS) is 23.7. The lowest BCUT2D eigenvalue weighted by Crippen LogP contribution is -2.52. The Balaban J connectivity index is 1.48. The molecule has 25 heavy (non-hydrogen) atoms. The number of rotatable bonds is 4. The fraction of sp³-hybridized carbons (Fsp3) is 0.611. The third-order valence-corrected chi connectivity index (χ3v) is 6.56. The number of aromatic nitrogens is 3. The molecule has 7 heteroatoms. The fourth-order valence-electron chi connectivity index (χ4n) is 4.49. The molecule has 2 aromatic heterocycles. The van der Waals surface area contributed by atoms with E-state index in [1.54, 1.807) is 16.0 Å². The summed E-state index contributed by atoms with van der Waals surface area (Å²) in [5, 5.41) is 7.48. The van der Waals surface area contributed by atoms with E-state index in [-0.39, 0.29) is 17.4 Å². The number of amides is 1. The molecule has 0 aliphatic carbocycles. The van der Waals surface area contributed by atoms with Gasteiger partial charge in [-0.2, -0.15) is 5.10 Å². The van der Waals surface area contributed by atoms with E-state index in [0.717, 1.165) is 51.0 Å². The van der Waals surface area contributed by atoms with Gasteiger partial charge in [-0.15, -0.1) is 11.3 Å². The van der Waals surface area contributed by atoms with Crippen LogP contribution in [-0.2, 0) is 18.4 Å². The number of likely N-dealkylation sites (tertiary alicyclic amines) is 2. The lowest BCUT2D eigenvalue weighted by Gasteiger charge is -2.44. The zero-order chi connectivity index (χ0) is 17.4. The molecule has 1 amide bonds. The van der Waals surface area contributed by atoms with Crippen LogP contribution >= 0.6 is 11.3 Å². The maximum atomic E-state index is 13.0. The highest BCUT2D eigenvalue weighted by atomic mass is 32.1. The largest absolute Gasteiger partial charge is 0.337 e. The van der Waals surface area contributed by atoms with E-state index < -0.39 is 0 Å². The summed E-state index contributed by atoms with van der Waals surface area (Å²) in [6, 6.07) is 0. The number of thiazole rings is 1. The molecule has 1 atom stereocenters. The summed E-state index contributed by atoms with van der Waals surface area (Å²) >= 11 is 1.72. The first kappa shape index (κ1) is 16.7. The van der Waals surface area contributed by atoms with E-state index in [1.165, 1.54) is 5.01 Å². The van der Waals surface area contributed by atoms with E-state index in [4.69, 9.17) is 0 Å². The van der Waals surface area contributed by atoms with Crippen LogP contribution in [-0.4, -0.2) is 55.6 Å². The van der Waals surface area contributed by atoms with Gasteiger partial charge in [0.2, 0.25) is 5.91 Å². The fourth-order valence-corrected chi connectivity index (χ4v) is 5.15. The molecule has 0 saturated carbocycles. The molecule has 1 unspecified atom stereocenters. The summed E-state index contributed by atoms with van der Waals surface area (Å²) < 4.78 is 1.79. The summed E-state index contributed by atoms with van der Waals surface area (Å²) in [5.41, 5.74) is 1.08. The molecule has 0 aromatic carbocycles. The van der Waals surface area contributed by atoms with E-state index in [2.05, 4.69) is 26.8 Å². The lowest BCUT2D eigenvalue weighted by atomic mass is 9.81. The summed E-state index contributed by atoms with van der Waals surface area (Å²) in [6.45, 7) is 5.89. The Morgan fingerprint density at radius 2 is 2.16 bits per heavy atom. The van der Waals surface area contributed by atoms with Crippen molar-refractivity contribution in [3.8, 4) is 0 Å². The second-order valence-electron chi connectivity index (χ2n) is 7.21. The van der Waals surface area contributed by atoms with Crippen LogP contribution in [0.1, 0.15) is 42.7 Å². The Morgan fingerprint density at radius 1 is 1.36 bits per heavy atom. The van der Waals surface area contributed by atoms with Crippen molar-refractivity contribution in [1.29, 1.82) is 0 Å². The zero-order valence-electron chi connectivity index (χ0n) is 14.9. The Bertz CT molecular complexity index is 732. The van der Waals surface area contributed by atoms with Crippen molar-refractivity contribution in [1.82, 2.24) is 24.6 Å². The predicted molar refractivity (Wildman–Crippen MR) is 97.3 cm³/mol. The third-order valence-electron chi connectivity index (χ3n) is 5.79. The van der Waals surface area contributed by atoms with Crippen LogP contribution in [0, 0.1) is 0 Å². The van der Waals surface area contributed by atoms with Crippen LogP contribution in [0.2, 0.25) is 0 Å². The second-order valence-corrected chi connectivity index (χ2v) is 8.19. The predicted octanol–water partition coefficient (Wildman–Crippen LogP) is 2.25. The van der Waals surface area contributed by atoms with Gasteiger partial charge < -0.3 is 4.90 Å². The smallest absolute Gasteiger partial charge is 0.230 e. The maximum absolute atomic E-state index is 13.0. The standard InChI is InChI=1S/C18H25N5OS/c1-3-23-17(24)15(14-11-20-21(2)12-14)10-18(23)4-7-22(8-5-18)13-16-19-6-9-25-16/h6,9,11-12,15H,3-5,7-8,10,13H2,1-2H3. The van der Waals surface area contributed by atoms with Gasteiger partial charge in [0.15, 0.2) is 0 Å². The quantitative estimate of drug-likeness (QED) is 0.840. The van der Waals surface area contributed by atoms with Crippen LogP contribution in [0.15, 0.2) is 24.0 Å². The molecular weight excluding hydrogens is 334 g/mol. The van der Waals surface area contributed by atoms with Crippen LogP contribution < -0.4 is 0 Å². The minimum absolute atomic E-state index is 0.0196. The Hall–Kier alpha value is -1.73. The molecule has 6 nitrogen and oxygen atoms in total. The van der Waals surface area contributed by atoms with Gasteiger partial charge in [0.1, 0.15) is 5.01 Å². The van der Waals surface area contributed by atoms with Gasteiger partial charge in [-0.1, -0.05) is 0 Å². The molecular formula is C18H25N5OS. The van der Waals surface area contributed by atoms with Gasteiger partial charge in [-0.3, -0.25) is 14.4 Å². The Labute approximate surface area is 152 Å². The third kappa shape index (κ3) is 3.00. The number of nitrogens with zero attached hydrogens (tertiary/aromatic N) is 5. The number of hydrogen-bond donors (Lipinski definition) is 0. The van der Waals surface area contributed by atoms with Gasteiger partial charge in [-0.05, 0) is 26.2 Å². The highest BCUT2D eigenvalue weighted by molar-refractivity contribution is 7.09. The van der Waals surface area contributed by atoms with E-state index >= 15 is 0 Å². The maximum Gasteiger partial charge on any atom is 0.230 e. The molecule has 2 fully saturated rings. The van der Waals surface area contributed by atoms with Crippen LogP contribution in [0.5, 0.6) is 0 Å². The Morgan fingerprint density at radius 3 is 2.76 bits per heavy atom. The second kappa shape index (κ2) is 6.53. The minimum atomic E-state index is -0.0286. The molecule has 134 valence electrons. The highest BCUT2D eigenvalue weighted by Gasteiger charge is 2.51. The summed E-state index contributed by atoms with van der Waals surface area (Å²) in [4.78, 5) is 22.0. The molecule has 4 rings (SSSR count). The van der Waals surface area contributed by atoms with Gasteiger partial charge in [0.05, 0.1) is 18.7 Å².